The van der Waals surface area contributed by atoms with Crippen LogP contribution in [0.25, 0.3) is 0 Å². The number of aliphatic hydroxyl groups excluding tert-OH is 1. The van der Waals surface area contributed by atoms with Crippen LogP contribution in [0.15, 0.2) is 30.3 Å². The van der Waals surface area contributed by atoms with Crippen LogP contribution >= 0.6 is 11.6 Å². The van der Waals surface area contributed by atoms with E-state index in [4.69, 9.17) is 16.7 Å². The predicted molar refractivity (Wildman–Crippen MR) is 46.6 cm³/mol. The van der Waals surface area contributed by atoms with E-state index in [1.807, 2.05) is 30.3 Å². The molecule has 0 aliphatic heterocycles. The Morgan fingerprint density at radius 2 is 1.91 bits per heavy atom. The van der Waals surface area contributed by atoms with E-state index in [9.17, 15) is 0 Å². The molecule has 0 aliphatic carbocycles. The lowest BCUT2D eigenvalue weighted by atomic mass is 10.1. The molecule has 1 unspecified atom stereocenters. The molecule has 1 aromatic rings. The molecule has 0 fully saturated rings. The Bertz CT molecular complexity index is 196. The first kappa shape index (κ1) is 8.57. The highest BCUT2D eigenvalue weighted by atomic mass is 35.5. The van der Waals surface area contributed by atoms with Crippen LogP contribution in [-0.2, 0) is 6.42 Å². The second-order valence-electron chi connectivity index (χ2n) is 2.46. The van der Waals surface area contributed by atoms with Crippen molar-refractivity contribution >= 4 is 11.6 Å². The molecule has 60 valence electrons. The van der Waals surface area contributed by atoms with Crippen molar-refractivity contribution < 1.29 is 5.11 Å². The summed E-state index contributed by atoms with van der Waals surface area (Å²) in [6.45, 7) is 0. The number of benzene rings is 1. The molecule has 0 spiro atoms. The summed E-state index contributed by atoms with van der Waals surface area (Å²) in [6.07, 6.45) is 1.46. The SMILES string of the molecule is OC(Cl)CCc1ccccc1. The Morgan fingerprint density at radius 1 is 1.27 bits per heavy atom. The molecule has 2 heteroatoms. The minimum absolute atomic E-state index is 0.617. The average molecular weight is 171 g/mol. The van der Waals surface area contributed by atoms with Gasteiger partial charge in [0.05, 0.1) is 0 Å². The first-order chi connectivity index (χ1) is 5.29. The van der Waals surface area contributed by atoms with E-state index in [0.29, 0.717) is 6.42 Å². The number of aryl methyl sites for hydroxylation is 1. The van der Waals surface area contributed by atoms with Crippen LogP contribution in [0.4, 0.5) is 0 Å². The van der Waals surface area contributed by atoms with Crippen molar-refractivity contribution in [3.63, 3.8) is 0 Å². The molecule has 0 saturated heterocycles. The summed E-state index contributed by atoms with van der Waals surface area (Å²) in [5, 5.41) is 8.78. The fourth-order valence-corrected chi connectivity index (χ4v) is 1.04. The fraction of sp³-hybridized carbons (Fsp3) is 0.333. The van der Waals surface area contributed by atoms with E-state index < -0.39 is 5.56 Å². The molecule has 1 nitrogen and oxygen atoms in total. The second-order valence-corrected chi connectivity index (χ2v) is 2.96. The number of hydrogen-bond acceptors (Lipinski definition) is 1. The smallest absolute Gasteiger partial charge is 0.128 e. The van der Waals surface area contributed by atoms with Crippen LogP contribution in [0, 0.1) is 0 Å². The molecule has 1 N–H and O–H groups in total. The third kappa shape index (κ3) is 3.40. The van der Waals surface area contributed by atoms with Gasteiger partial charge in [-0.05, 0) is 18.4 Å². The molecular weight excluding hydrogens is 160 g/mol. The summed E-state index contributed by atoms with van der Waals surface area (Å²) in [6, 6.07) is 9.99. The van der Waals surface area contributed by atoms with Gasteiger partial charge in [0.1, 0.15) is 5.56 Å². The van der Waals surface area contributed by atoms with Crippen molar-refractivity contribution in [3.05, 3.63) is 35.9 Å². The number of halogens is 1. The van der Waals surface area contributed by atoms with Crippen molar-refractivity contribution in [2.75, 3.05) is 0 Å². The monoisotopic (exact) mass is 170 g/mol. The third-order valence-corrected chi connectivity index (χ3v) is 1.73. The van der Waals surface area contributed by atoms with E-state index in [0.717, 1.165) is 6.42 Å². The Morgan fingerprint density at radius 3 is 2.45 bits per heavy atom. The number of rotatable bonds is 3. The molecule has 0 bridgehead atoms. The zero-order chi connectivity index (χ0) is 8.10. The molecule has 0 heterocycles. The molecule has 0 radical (unpaired) electrons. The highest BCUT2D eigenvalue weighted by molar-refractivity contribution is 6.19. The maximum Gasteiger partial charge on any atom is 0.128 e. The molecule has 1 aromatic carbocycles. The first-order valence-corrected chi connectivity index (χ1v) is 4.09. The molecule has 11 heavy (non-hydrogen) atoms. The van der Waals surface area contributed by atoms with Gasteiger partial charge in [0.25, 0.3) is 0 Å². The van der Waals surface area contributed by atoms with Gasteiger partial charge in [-0.15, -0.1) is 0 Å². The zero-order valence-corrected chi connectivity index (χ0v) is 6.96. The summed E-state index contributed by atoms with van der Waals surface area (Å²) in [5.41, 5.74) is 0.502. The van der Waals surface area contributed by atoms with Crippen molar-refractivity contribution in [3.8, 4) is 0 Å². The molecule has 1 atom stereocenters. The summed E-state index contributed by atoms with van der Waals surface area (Å²) < 4.78 is 0. The fourth-order valence-electron chi connectivity index (χ4n) is 0.930. The van der Waals surface area contributed by atoms with Gasteiger partial charge in [-0.3, -0.25) is 0 Å². The highest BCUT2D eigenvalue weighted by Gasteiger charge is 1.97. The van der Waals surface area contributed by atoms with E-state index in [-0.39, 0.29) is 0 Å². The van der Waals surface area contributed by atoms with Crippen molar-refractivity contribution in [2.45, 2.75) is 18.4 Å². The van der Waals surface area contributed by atoms with Gasteiger partial charge < -0.3 is 5.11 Å². The largest absolute Gasteiger partial charge is 0.378 e. The van der Waals surface area contributed by atoms with Crippen molar-refractivity contribution in [2.24, 2.45) is 0 Å². The maximum atomic E-state index is 8.78. The summed E-state index contributed by atoms with van der Waals surface area (Å²) in [4.78, 5) is 0. The Kier molecular flexibility index (Phi) is 3.40. The minimum atomic E-state index is -0.713. The van der Waals surface area contributed by atoms with Gasteiger partial charge >= 0.3 is 0 Å². The van der Waals surface area contributed by atoms with Gasteiger partial charge in [0, 0.05) is 0 Å². The number of alkyl halides is 1. The van der Waals surface area contributed by atoms with Crippen LogP contribution in [-0.4, -0.2) is 10.7 Å². The predicted octanol–water partition coefficient (Wildman–Crippen LogP) is 2.18. The van der Waals surface area contributed by atoms with Crippen molar-refractivity contribution in [1.29, 1.82) is 0 Å². The topological polar surface area (TPSA) is 20.2 Å². The van der Waals surface area contributed by atoms with E-state index in [2.05, 4.69) is 0 Å². The Balaban J connectivity index is 2.39. The molecular formula is C9H11ClO. The highest BCUT2D eigenvalue weighted by Crippen LogP contribution is 2.06. The Labute approximate surface area is 71.6 Å². The van der Waals surface area contributed by atoms with Gasteiger partial charge in [-0.2, -0.15) is 0 Å². The molecule has 0 aromatic heterocycles. The Hall–Kier alpha value is -0.530. The summed E-state index contributed by atoms with van der Waals surface area (Å²) in [7, 11) is 0. The van der Waals surface area contributed by atoms with Gasteiger partial charge in [-0.1, -0.05) is 41.9 Å². The zero-order valence-electron chi connectivity index (χ0n) is 6.20. The van der Waals surface area contributed by atoms with Gasteiger partial charge in [-0.25, -0.2) is 0 Å². The number of aliphatic hydroxyl groups is 1. The maximum absolute atomic E-state index is 8.78. The lowest BCUT2D eigenvalue weighted by Crippen LogP contribution is -1.97. The summed E-state index contributed by atoms with van der Waals surface area (Å²) in [5.74, 6) is 0. The third-order valence-electron chi connectivity index (χ3n) is 1.51. The summed E-state index contributed by atoms with van der Waals surface area (Å²) >= 11 is 5.38. The molecule has 0 amide bonds. The lowest BCUT2D eigenvalue weighted by Gasteiger charge is -2.01. The van der Waals surface area contributed by atoms with Gasteiger partial charge in [0.15, 0.2) is 0 Å². The quantitative estimate of drug-likeness (QED) is 0.690. The van der Waals surface area contributed by atoms with Crippen LogP contribution in [0.2, 0.25) is 0 Å². The number of hydrogen-bond donors (Lipinski definition) is 1. The lowest BCUT2D eigenvalue weighted by molar-refractivity contribution is 0.246. The van der Waals surface area contributed by atoms with E-state index >= 15 is 0 Å². The minimum Gasteiger partial charge on any atom is -0.378 e. The normalized spacial score (nSPS) is 12.9. The van der Waals surface area contributed by atoms with Crippen LogP contribution in [0.1, 0.15) is 12.0 Å². The van der Waals surface area contributed by atoms with Crippen LogP contribution < -0.4 is 0 Å². The molecule has 0 aliphatic rings. The van der Waals surface area contributed by atoms with E-state index in [1.165, 1.54) is 5.56 Å². The van der Waals surface area contributed by atoms with Crippen LogP contribution in [0.3, 0.4) is 0 Å². The standard InChI is InChI=1S/C9H11ClO/c10-9(11)7-6-8-4-2-1-3-5-8/h1-5,9,11H,6-7H2. The first-order valence-electron chi connectivity index (χ1n) is 3.65. The molecule has 1 rings (SSSR count). The molecule has 0 saturated carbocycles. The van der Waals surface area contributed by atoms with Gasteiger partial charge in [0.2, 0.25) is 0 Å². The van der Waals surface area contributed by atoms with Crippen molar-refractivity contribution in [1.82, 2.24) is 0 Å². The average Bonchev–Trinajstić information content (AvgIpc) is 2.03. The second kappa shape index (κ2) is 4.37. The van der Waals surface area contributed by atoms with E-state index in [1.54, 1.807) is 0 Å². The van der Waals surface area contributed by atoms with Crippen LogP contribution in [0.5, 0.6) is 0 Å².